The van der Waals surface area contributed by atoms with Crippen LogP contribution in [-0.2, 0) is 0 Å². The SMILES string of the molecule is Cc1ccc(Br)cc1N1CCN2CCCCC2C1. The van der Waals surface area contributed by atoms with Gasteiger partial charge >= 0.3 is 0 Å². The molecule has 2 heterocycles. The van der Waals surface area contributed by atoms with Gasteiger partial charge in [0, 0.05) is 35.8 Å². The fraction of sp³-hybridized carbons (Fsp3) is 0.600. The van der Waals surface area contributed by atoms with Crippen molar-refractivity contribution in [3.8, 4) is 0 Å². The largest absolute Gasteiger partial charge is 0.368 e. The van der Waals surface area contributed by atoms with E-state index < -0.39 is 0 Å². The lowest BCUT2D eigenvalue weighted by atomic mass is 9.99. The molecule has 2 aliphatic heterocycles. The molecule has 1 atom stereocenters. The molecule has 0 bridgehead atoms. The molecule has 0 radical (unpaired) electrons. The van der Waals surface area contributed by atoms with E-state index in [4.69, 9.17) is 0 Å². The number of aryl methyl sites for hydroxylation is 1. The average molecular weight is 309 g/mol. The zero-order chi connectivity index (χ0) is 12.5. The van der Waals surface area contributed by atoms with Crippen molar-refractivity contribution in [2.45, 2.75) is 32.2 Å². The summed E-state index contributed by atoms with van der Waals surface area (Å²) in [5.41, 5.74) is 2.80. The maximum Gasteiger partial charge on any atom is 0.0408 e. The quantitative estimate of drug-likeness (QED) is 0.784. The zero-order valence-corrected chi connectivity index (χ0v) is 12.6. The first kappa shape index (κ1) is 12.5. The minimum atomic E-state index is 0.783. The monoisotopic (exact) mass is 308 g/mol. The van der Waals surface area contributed by atoms with Gasteiger partial charge in [-0.2, -0.15) is 0 Å². The number of piperazine rings is 1. The van der Waals surface area contributed by atoms with E-state index in [2.05, 4.69) is 50.9 Å². The highest BCUT2D eigenvalue weighted by Gasteiger charge is 2.29. The number of hydrogen-bond donors (Lipinski definition) is 0. The van der Waals surface area contributed by atoms with Crippen molar-refractivity contribution in [2.24, 2.45) is 0 Å². The fourth-order valence-electron chi connectivity index (χ4n) is 3.30. The molecule has 2 aliphatic rings. The molecule has 0 aromatic heterocycles. The normalized spacial score (nSPS) is 25.0. The predicted octanol–water partition coefficient (Wildman–Crippen LogP) is 3.43. The molecule has 2 saturated heterocycles. The molecule has 0 aliphatic carbocycles. The van der Waals surface area contributed by atoms with Crippen LogP contribution in [0.25, 0.3) is 0 Å². The average Bonchev–Trinajstić information content (AvgIpc) is 2.41. The maximum atomic E-state index is 3.59. The molecule has 1 unspecified atom stereocenters. The number of fused-ring (bicyclic) bond motifs is 1. The summed E-state index contributed by atoms with van der Waals surface area (Å²) >= 11 is 3.59. The summed E-state index contributed by atoms with van der Waals surface area (Å²) in [7, 11) is 0. The lowest BCUT2D eigenvalue weighted by Crippen LogP contribution is -2.55. The van der Waals surface area contributed by atoms with Crippen molar-refractivity contribution >= 4 is 21.6 Å². The van der Waals surface area contributed by atoms with E-state index in [1.165, 1.54) is 61.2 Å². The molecule has 0 amide bonds. The Hall–Kier alpha value is -0.540. The summed E-state index contributed by atoms with van der Waals surface area (Å²) in [5.74, 6) is 0. The number of piperidine rings is 1. The van der Waals surface area contributed by atoms with E-state index in [9.17, 15) is 0 Å². The Morgan fingerprint density at radius 3 is 2.94 bits per heavy atom. The number of anilines is 1. The third-order valence-corrected chi connectivity index (χ3v) is 4.84. The van der Waals surface area contributed by atoms with E-state index in [-0.39, 0.29) is 0 Å². The molecule has 0 spiro atoms. The molecule has 1 aromatic carbocycles. The Morgan fingerprint density at radius 1 is 1.17 bits per heavy atom. The minimum absolute atomic E-state index is 0.783. The number of nitrogens with zero attached hydrogens (tertiary/aromatic N) is 2. The third kappa shape index (κ3) is 2.43. The van der Waals surface area contributed by atoms with Crippen LogP contribution < -0.4 is 4.90 Å². The highest BCUT2D eigenvalue weighted by molar-refractivity contribution is 9.10. The number of benzene rings is 1. The molecule has 3 rings (SSSR count). The van der Waals surface area contributed by atoms with Crippen LogP contribution in [0.2, 0.25) is 0 Å². The van der Waals surface area contributed by atoms with Crippen molar-refractivity contribution in [1.29, 1.82) is 0 Å². The van der Waals surface area contributed by atoms with Gasteiger partial charge < -0.3 is 4.90 Å². The number of halogens is 1. The second-order valence-corrected chi connectivity index (χ2v) is 6.48. The highest BCUT2D eigenvalue weighted by atomic mass is 79.9. The van der Waals surface area contributed by atoms with E-state index in [0.29, 0.717) is 0 Å². The maximum absolute atomic E-state index is 3.59. The van der Waals surface area contributed by atoms with Gasteiger partial charge in [-0.05, 0) is 44.0 Å². The molecule has 3 heteroatoms. The molecule has 98 valence electrons. The Labute approximate surface area is 118 Å². The second kappa shape index (κ2) is 5.22. The molecular formula is C15H21BrN2. The highest BCUT2D eigenvalue weighted by Crippen LogP contribution is 2.29. The standard InChI is InChI=1S/C15H21BrN2/c1-12-5-6-13(16)10-15(12)18-9-8-17-7-3-2-4-14(17)11-18/h5-6,10,14H,2-4,7-9,11H2,1H3. The van der Waals surface area contributed by atoms with Gasteiger partial charge in [0.05, 0.1) is 0 Å². The number of rotatable bonds is 1. The van der Waals surface area contributed by atoms with Gasteiger partial charge in [0.25, 0.3) is 0 Å². The lowest BCUT2D eigenvalue weighted by molar-refractivity contribution is 0.133. The van der Waals surface area contributed by atoms with Crippen LogP contribution in [0, 0.1) is 6.92 Å². The predicted molar refractivity (Wildman–Crippen MR) is 80.3 cm³/mol. The van der Waals surface area contributed by atoms with Crippen LogP contribution in [0.15, 0.2) is 22.7 Å². The summed E-state index contributed by atoms with van der Waals surface area (Å²) in [6, 6.07) is 7.40. The molecule has 2 nitrogen and oxygen atoms in total. The van der Waals surface area contributed by atoms with Crippen LogP contribution in [0.3, 0.4) is 0 Å². The summed E-state index contributed by atoms with van der Waals surface area (Å²) in [6.07, 6.45) is 4.18. The van der Waals surface area contributed by atoms with Gasteiger partial charge in [0.15, 0.2) is 0 Å². The molecule has 1 aromatic rings. The zero-order valence-electron chi connectivity index (χ0n) is 11.0. The Kier molecular flexibility index (Phi) is 3.62. The van der Waals surface area contributed by atoms with Crippen molar-refractivity contribution in [3.63, 3.8) is 0 Å². The van der Waals surface area contributed by atoms with Gasteiger partial charge in [0.2, 0.25) is 0 Å². The summed E-state index contributed by atoms with van der Waals surface area (Å²) < 4.78 is 1.19. The van der Waals surface area contributed by atoms with E-state index >= 15 is 0 Å². The molecule has 0 saturated carbocycles. The van der Waals surface area contributed by atoms with Crippen LogP contribution in [0.4, 0.5) is 5.69 Å². The minimum Gasteiger partial charge on any atom is -0.368 e. The van der Waals surface area contributed by atoms with Gasteiger partial charge in [0.1, 0.15) is 0 Å². The van der Waals surface area contributed by atoms with Gasteiger partial charge in [-0.25, -0.2) is 0 Å². The van der Waals surface area contributed by atoms with Gasteiger partial charge in [-0.15, -0.1) is 0 Å². The molecule has 18 heavy (non-hydrogen) atoms. The van der Waals surface area contributed by atoms with Crippen molar-refractivity contribution in [2.75, 3.05) is 31.1 Å². The lowest BCUT2D eigenvalue weighted by Gasteiger charge is -2.45. The smallest absolute Gasteiger partial charge is 0.0408 e. The molecule has 0 N–H and O–H groups in total. The summed E-state index contributed by atoms with van der Waals surface area (Å²) in [5, 5.41) is 0. The van der Waals surface area contributed by atoms with E-state index in [0.717, 1.165) is 6.04 Å². The first-order chi connectivity index (χ1) is 8.74. The first-order valence-corrected chi connectivity index (χ1v) is 7.78. The Morgan fingerprint density at radius 2 is 2.06 bits per heavy atom. The molecular weight excluding hydrogens is 288 g/mol. The van der Waals surface area contributed by atoms with Crippen molar-refractivity contribution in [3.05, 3.63) is 28.2 Å². The van der Waals surface area contributed by atoms with Crippen LogP contribution >= 0.6 is 15.9 Å². The number of hydrogen-bond acceptors (Lipinski definition) is 2. The van der Waals surface area contributed by atoms with Crippen molar-refractivity contribution < 1.29 is 0 Å². The molecule has 2 fully saturated rings. The summed E-state index contributed by atoms with van der Waals surface area (Å²) in [6.45, 7) is 7.15. The van der Waals surface area contributed by atoms with E-state index in [1.54, 1.807) is 0 Å². The second-order valence-electron chi connectivity index (χ2n) is 5.56. The first-order valence-electron chi connectivity index (χ1n) is 6.99. The Bertz CT molecular complexity index is 433. The van der Waals surface area contributed by atoms with Gasteiger partial charge in [-0.1, -0.05) is 28.4 Å². The van der Waals surface area contributed by atoms with Crippen molar-refractivity contribution in [1.82, 2.24) is 4.90 Å². The van der Waals surface area contributed by atoms with Crippen LogP contribution in [-0.4, -0.2) is 37.1 Å². The topological polar surface area (TPSA) is 6.48 Å². The van der Waals surface area contributed by atoms with E-state index in [1.807, 2.05) is 0 Å². The van der Waals surface area contributed by atoms with Gasteiger partial charge in [-0.3, -0.25) is 4.90 Å². The Balaban J connectivity index is 1.79. The van der Waals surface area contributed by atoms with Crippen LogP contribution in [0.5, 0.6) is 0 Å². The fourth-order valence-corrected chi connectivity index (χ4v) is 3.65. The third-order valence-electron chi connectivity index (χ3n) is 4.35. The summed E-state index contributed by atoms with van der Waals surface area (Å²) in [4.78, 5) is 5.26. The van der Waals surface area contributed by atoms with Crippen LogP contribution in [0.1, 0.15) is 24.8 Å².